The summed E-state index contributed by atoms with van der Waals surface area (Å²) in [7, 11) is 0. The zero-order valence-corrected chi connectivity index (χ0v) is 12.9. The summed E-state index contributed by atoms with van der Waals surface area (Å²) in [4.78, 5) is 24.5. The molecule has 1 N–H and O–H groups in total. The van der Waals surface area contributed by atoms with E-state index in [0.29, 0.717) is 18.7 Å². The molecule has 1 fully saturated rings. The lowest BCUT2D eigenvalue weighted by Crippen LogP contribution is -2.63. The average molecular weight is 342 g/mol. The van der Waals surface area contributed by atoms with E-state index in [1.165, 1.54) is 0 Å². The van der Waals surface area contributed by atoms with Gasteiger partial charge in [0, 0.05) is 10.0 Å². The van der Waals surface area contributed by atoms with Crippen LogP contribution in [0.15, 0.2) is 22.7 Å². The number of amides is 1. The molecule has 1 heterocycles. The van der Waals surface area contributed by atoms with Gasteiger partial charge in [0.2, 0.25) is 0 Å². The molecular formula is C14H16BrNO4. The molecule has 20 heavy (non-hydrogen) atoms. The number of carboxylic acids is 1. The normalized spacial score (nSPS) is 16.6. The number of halogens is 1. The molecule has 0 atom stereocenters. The first-order valence-corrected chi connectivity index (χ1v) is 7.01. The predicted octanol–water partition coefficient (Wildman–Crippen LogP) is 2.07. The highest BCUT2D eigenvalue weighted by Gasteiger charge is 2.43. The number of hydrogen-bond acceptors (Lipinski definition) is 3. The summed E-state index contributed by atoms with van der Waals surface area (Å²) in [6, 6.07) is 5.52. The van der Waals surface area contributed by atoms with Crippen molar-refractivity contribution in [3.63, 3.8) is 0 Å². The Bertz CT molecular complexity index is 552. The Morgan fingerprint density at radius 3 is 2.65 bits per heavy atom. The van der Waals surface area contributed by atoms with Crippen molar-refractivity contribution >= 4 is 27.8 Å². The van der Waals surface area contributed by atoms with Gasteiger partial charge in [-0.2, -0.15) is 0 Å². The van der Waals surface area contributed by atoms with E-state index in [4.69, 9.17) is 9.84 Å². The SMILES string of the molecule is Cc1cc(Br)ccc1C(=O)N1CC(C)(OCC(=O)O)C1. The molecule has 0 unspecified atom stereocenters. The molecule has 0 bridgehead atoms. The highest BCUT2D eigenvalue weighted by atomic mass is 79.9. The maximum absolute atomic E-state index is 12.3. The van der Waals surface area contributed by atoms with Crippen molar-refractivity contribution in [2.75, 3.05) is 19.7 Å². The number of aliphatic carboxylic acids is 1. The number of nitrogens with zero attached hydrogens (tertiary/aromatic N) is 1. The number of hydrogen-bond donors (Lipinski definition) is 1. The summed E-state index contributed by atoms with van der Waals surface area (Å²) in [6.07, 6.45) is 0. The molecule has 0 spiro atoms. The van der Waals surface area contributed by atoms with E-state index < -0.39 is 11.6 Å². The van der Waals surface area contributed by atoms with Crippen LogP contribution in [0.25, 0.3) is 0 Å². The van der Waals surface area contributed by atoms with Gasteiger partial charge in [-0.1, -0.05) is 15.9 Å². The summed E-state index contributed by atoms with van der Waals surface area (Å²) in [5.41, 5.74) is 1.01. The summed E-state index contributed by atoms with van der Waals surface area (Å²) in [6.45, 7) is 4.19. The highest BCUT2D eigenvalue weighted by Crippen LogP contribution is 2.27. The third-order valence-electron chi connectivity index (χ3n) is 3.30. The van der Waals surface area contributed by atoms with Crippen molar-refractivity contribution in [3.05, 3.63) is 33.8 Å². The van der Waals surface area contributed by atoms with Gasteiger partial charge < -0.3 is 14.7 Å². The van der Waals surface area contributed by atoms with Crippen molar-refractivity contribution in [1.29, 1.82) is 0 Å². The Hall–Kier alpha value is -1.40. The molecule has 5 nitrogen and oxygen atoms in total. The number of rotatable bonds is 4. The standard InChI is InChI=1S/C14H16BrNO4/c1-9-5-10(15)3-4-11(9)13(19)16-7-14(2,8-16)20-6-12(17)18/h3-5H,6-8H2,1-2H3,(H,17,18). The number of ether oxygens (including phenoxy) is 1. The van der Waals surface area contributed by atoms with Gasteiger partial charge in [-0.05, 0) is 37.6 Å². The van der Waals surface area contributed by atoms with E-state index in [1.807, 2.05) is 26.0 Å². The van der Waals surface area contributed by atoms with Gasteiger partial charge in [-0.3, -0.25) is 4.79 Å². The Balaban J connectivity index is 1.98. The van der Waals surface area contributed by atoms with Gasteiger partial charge in [0.05, 0.1) is 13.1 Å². The topological polar surface area (TPSA) is 66.8 Å². The molecule has 0 aromatic heterocycles. The van der Waals surface area contributed by atoms with E-state index in [0.717, 1.165) is 10.0 Å². The summed E-state index contributed by atoms with van der Waals surface area (Å²) < 4.78 is 6.23. The summed E-state index contributed by atoms with van der Waals surface area (Å²) >= 11 is 3.37. The van der Waals surface area contributed by atoms with Crippen molar-refractivity contribution in [2.24, 2.45) is 0 Å². The van der Waals surface area contributed by atoms with Crippen LogP contribution in [0, 0.1) is 6.92 Å². The summed E-state index contributed by atoms with van der Waals surface area (Å²) in [5.74, 6) is -1.05. The van der Waals surface area contributed by atoms with Crippen LogP contribution in [0.3, 0.4) is 0 Å². The highest BCUT2D eigenvalue weighted by molar-refractivity contribution is 9.10. The molecule has 1 aliphatic rings. The molecule has 1 amide bonds. The van der Waals surface area contributed by atoms with Crippen LogP contribution >= 0.6 is 15.9 Å². The van der Waals surface area contributed by atoms with Crippen LogP contribution in [-0.2, 0) is 9.53 Å². The molecule has 0 saturated carbocycles. The molecule has 1 saturated heterocycles. The lowest BCUT2D eigenvalue weighted by atomic mass is 9.94. The number of carbonyl (C=O) groups excluding carboxylic acids is 1. The van der Waals surface area contributed by atoms with E-state index in [9.17, 15) is 9.59 Å². The van der Waals surface area contributed by atoms with Gasteiger partial charge >= 0.3 is 5.97 Å². The Morgan fingerprint density at radius 1 is 1.45 bits per heavy atom. The van der Waals surface area contributed by atoms with Crippen LogP contribution in [-0.4, -0.2) is 47.2 Å². The Morgan fingerprint density at radius 2 is 2.10 bits per heavy atom. The summed E-state index contributed by atoms with van der Waals surface area (Å²) in [5, 5.41) is 8.60. The minimum atomic E-state index is -1.00. The number of likely N-dealkylation sites (tertiary alicyclic amines) is 1. The zero-order valence-electron chi connectivity index (χ0n) is 11.4. The van der Waals surface area contributed by atoms with Gasteiger partial charge in [0.1, 0.15) is 12.2 Å². The predicted molar refractivity (Wildman–Crippen MR) is 76.8 cm³/mol. The molecule has 1 aliphatic heterocycles. The lowest BCUT2D eigenvalue weighted by molar-refractivity contribution is -0.159. The maximum Gasteiger partial charge on any atom is 0.329 e. The van der Waals surface area contributed by atoms with Crippen molar-refractivity contribution < 1.29 is 19.4 Å². The Kier molecular flexibility index (Phi) is 4.15. The van der Waals surface area contributed by atoms with Gasteiger partial charge in [-0.15, -0.1) is 0 Å². The van der Waals surface area contributed by atoms with E-state index >= 15 is 0 Å². The number of aryl methyl sites for hydroxylation is 1. The van der Waals surface area contributed by atoms with Crippen LogP contribution < -0.4 is 0 Å². The second-order valence-electron chi connectivity index (χ2n) is 5.25. The number of benzene rings is 1. The largest absolute Gasteiger partial charge is 0.480 e. The zero-order chi connectivity index (χ0) is 14.9. The lowest BCUT2D eigenvalue weighted by Gasteiger charge is -2.47. The monoisotopic (exact) mass is 341 g/mol. The van der Waals surface area contributed by atoms with E-state index in [-0.39, 0.29) is 12.5 Å². The molecule has 1 aromatic carbocycles. The van der Waals surface area contributed by atoms with Crippen LogP contribution in [0.4, 0.5) is 0 Å². The van der Waals surface area contributed by atoms with Gasteiger partial charge in [0.15, 0.2) is 0 Å². The Labute approximate surface area is 125 Å². The molecule has 0 aliphatic carbocycles. The van der Waals surface area contributed by atoms with E-state index in [2.05, 4.69) is 15.9 Å². The molecule has 2 rings (SSSR count). The van der Waals surface area contributed by atoms with Gasteiger partial charge in [-0.25, -0.2) is 4.79 Å². The maximum atomic E-state index is 12.3. The first kappa shape index (κ1) is 15.0. The fourth-order valence-electron chi connectivity index (χ4n) is 2.27. The van der Waals surface area contributed by atoms with Crippen LogP contribution in [0.5, 0.6) is 0 Å². The van der Waals surface area contributed by atoms with Crippen LogP contribution in [0.1, 0.15) is 22.8 Å². The minimum absolute atomic E-state index is 0.0496. The molecule has 6 heteroatoms. The first-order chi connectivity index (χ1) is 9.31. The third-order valence-corrected chi connectivity index (χ3v) is 3.79. The van der Waals surface area contributed by atoms with Crippen molar-refractivity contribution in [2.45, 2.75) is 19.4 Å². The van der Waals surface area contributed by atoms with E-state index in [1.54, 1.807) is 11.0 Å². The first-order valence-electron chi connectivity index (χ1n) is 6.22. The molecule has 108 valence electrons. The van der Waals surface area contributed by atoms with Crippen molar-refractivity contribution in [3.8, 4) is 0 Å². The smallest absolute Gasteiger partial charge is 0.329 e. The molecule has 1 aromatic rings. The fourth-order valence-corrected chi connectivity index (χ4v) is 2.74. The molecular weight excluding hydrogens is 326 g/mol. The molecule has 0 radical (unpaired) electrons. The van der Waals surface area contributed by atoms with Gasteiger partial charge in [0.25, 0.3) is 5.91 Å². The average Bonchev–Trinajstić information content (AvgIpc) is 2.32. The number of carbonyl (C=O) groups is 2. The fraction of sp³-hybridized carbons (Fsp3) is 0.429. The third kappa shape index (κ3) is 3.19. The second-order valence-corrected chi connectivity index (χ2v) is 6.17. The van der Waals surface area contributed by atoms with Crippen molar-refractivity contribution in [1.82, 2.24) is 4.90 Å². The number of carboxylic acid groups (broad SMARTS) is 1. The minimum Gasteiger partial charge on any atom is -0.480 e. The van der Waals surface area contributed by atoms with Crippen LogP contribution in [0.2, 0.25) is 0 Å². The quantitative estimate of drug-likeness (QED) is 0.910. The second kappa shape index (κ2) is 5.54.